The van der Waals surface area contributed by atoms with Crippen molar-refractivity contribution in [1.82, 2.24) is 20.5 Å². The van der Waals surface area contributed by atoms with Crippen molar-refractivity contribution in [2.24, 2.45) is 0 Å². The number of nitrogens with one attached hydrogen (secondary N) is 2. The molecule has 0 unspecified atom stereocenters. The number of hydrogen-bond donors (Lipinski definition) is 2. The van der Waals surface area contributed by atoms with Crippen LogP contribution in [0.15, 0.2) is 42.6 Å². The first-order valence-electron chi connectivity index (χ1n) is 9.30. The lowest BCUT2D eigenvalue weighted by atomic mass is 10.1. The predicted octanol–water partition coefficient (Wildman–Crippen LogP) is 1.74. The van der Waals surface area contributed by atoms with E-state index in [9.17, 15) is 9.59 Å². The van der Waals surface area contributed by atoms with Crippen LogP contribution < -0.4 is 15.4 Å². The molecule has 150 valence electrons. The maximum Gasteiger partial charge on any atom is 0.269 e. The molecule has 1 aromatic heterocycles. The molecule has 0 aliphatic carbocycles. The summed E-state index contributed by atoms with van der Waals surface area (Å²) in [6.07, 6.45) is 2.98. The van der Waals surface area contributed by atoms with Crippen LogP contribution in [0.3, 0.4) is 0 Å². The number of ether oxygens (including phenoxy) is 1. The van der Waals surface area contributed by atoms with Gasteiger partial charge in [0, 0.05) is 24.8 Å². The maximum atomic E-state index is 12.4. The molecule has 0 atom stereocenters. The summed E-state index contributed by atoms with van der Waals surface area (Å²) in [6, 6.07) is 10.8. The minimum Gasteiger partial charge on any atom is -0.496 e. The van der Waals surface area contributed by atoms with Crippen molar-refractivity contribution in [3.8, 4) is 5.75 Å². The monoisotopic (exact) mass is 384 g/mol. The molecule has 1 aromatic carbocycles. The fourth-order valence-electron chi connectivity index (χ4n) is 2.71. The molecule has 1 heterocycles. The summed E-state index contributed by atoms with van der Waals surface area (Å²) in [4.78, 5) is 30.7. The van der Waals surface area contributed by atoms with E-state index >= 15 is 0 Å². The van der Waals surface area contributed by atoms with Crippen LogP contribution in [0.5, 0.6) is 5.75 Å². The summed E-state index contributed by atoms with van der Waals surface area (Å²) in [7, 11) is 5.60. The van der Waals surface area contributed by atoms with Crippen LogP contribution in [0.25, 0.3) is 0 Å². The van der Waals surface area contributed by atoms with Crippen LogP contribution >= 0.6 is 0 Å². The number of methoxy groups -OCH3 is 1. The number of carbonyl (C=O) groups excluding carboxylic acids is 2. The summed E-state index contributed by atoms with van der Waals surface area (Å²) in [5, 5.41) is 5.69. The Morgan fingerprint density at radius 2 is 1.82 bits per heavy atom. The predicted molar refractivity (Wildman–Crippen MR) is 109 cm³/mol. The van der Waals surface area contributed by atoms with Gasteiger partial charge >= 0.3 is 0 Å². The van der Waals surface area contributed by atoms with E-state index in [4.69, 9.17) is 4.74 Å². The Morgan fingerprint density at radius 1 is 1.07 bits per heavy atom. The second kappa shape index (κ2) is 11.0. The highest BCUT2D eigenvalue weighted by atomic mass is 16.5. The molecule has 0 fully saturated rings. The summed E-state index contributed by atoms with van der Waals surface area (Å²) in [5.41, 5.74) is 1.67. The Labute approximate surface area is 166 Å². The first-order chi connectivity index (χ1) is 13.5. The minimum atomic E-state index is -0.276. The number of nitrogens with zero attached hydrogens (tertiary/aromatic N) is 2. The molecule has 0 radical (unpaired) electrons. The molecule has 2 rings (SSSR count). The second-order valence-electron chi connectivity index (χ2n) is 6.66. The summed E-state index contributed by atoms with van der Waals surface area (Å²) in [5.74, 6) is 0.287. The van der Waals surface area contributed by atoms with Crippen LogP contribution in [0.1, 0.15) is 32.8 Å². The zero-order valence-electron chi connectivity index (χ0n) is 16.7. The third kappa shape index (κ3) is 6.66. The highest BCUT2D eigenvalue weighted by Gasteiger charge is 2.12. The van der Waals surface area contributed by atoms with Gasteiger partial charge in [-0.2, -0.15) is 0 Å². The average molecular weight is 384 g/mol. The maximum absolute atomic E-state index is 12.4. The van der Waals surface area contributed by atoms with Crippen molar-refractivity contribution < 1.29 is 14.3 Å². The van der Waals surface area contributed by atoms with E-state index in [1.807, 2.05) is 38.4 Å². The van der Waals surface area contributed by atoms with Gasteiger partial charge in [-0.25, -0.2) is 0 Å². The smallest absolute Gasteiger partial charge is 0.269 e. The average Bonchev–Trinajstić information content (AvgIpc) is 2.71. The number of amides is 2. The third-order valence-electron chi connectivity index (χ3n) is 4.19. The molecular formula is C21H28N4O3. The highest BCUT2D eigenvalue weighted by molar-refractivity contribution is 5.98. The zero-order valence-corrected chi connectivity index (χ0v) is 16.7. The lowest BCUT2D eigenvalue weighted by molar-refractivity contribution is 0.0947. The first-order valence-corrected chi connectivity index (χ1v) is 9.30. The molecule has 0 saturated carbocycles. The molecule has 2 N–H and O–H groups in total. The molecule has 0 spiro atoms. The molecular weight excluding hydrogens is 356 g/mol. The lowest BCUT2D eigenvalue weighted by Crippen LogP contribution is -2.29. The van der Waals surface area contributed by atoms with Gasteiger partial charge in [-0.15, -0.1) is 0 Å². The Hall–Kier alpha value is -2.93. The third-order valence-corrected chi connectivity index (χ3v) is 4.19. The first kappa shape index (κ1) is 21.4. The summed E-state index contributed by atoms with van der Waals surface area (Å²) < 4.78 is 5.31. The van der Waals surface area contributed by atoms with Crippen molar-refractivity contribution in [2.75, 3.05) is 40.8 Å². The van der Waals surface area contributed by atoms with Crippen molar-refractivity contribution in [1.29, 1.82) is 0 Å². The molecule has 7 heteroatoms. The molecule has 0 bridgehead atoms. The van der Waals surface area contributed by atoms with E-state index in [0.717, 1.165) is 24.3 Å². The van der Waals surface area contributed by atoms with E-state index in [1.54, 1.807) is 13.2 Å². The number of pyridine rings is 1. The van der Waals surface area contributed by atoms with Gasteiger partial charge in [-0.3, -0.25) is 14.6 Å². The number of carbonyl (C=O) groups is 2. The van der Waals surface area contributed by atoms with E-state index in [-0.39, 0.29) is 17.5 Å². The molecule has 28 heavy (non-hydrogen) atoms. The topological polar surface area (TPSA) is 83.6 Å². The zero-order chi connectivity index (χ0) is 20.4. The van der Waals surface area contributed by atoms with Gasteiger partial charge in [0.15, 0.2) is 0 Å². The van der Waals surface area contributed by atoms with Crippen LogP contribution in [0.2, 0.25) is 0 Å². The number of aromatic nitrogens is 1. The second-order valence-corrected chi connectivity index (χ2v) is 6.66. The minimum absolute atomic E-state index is 0.237. The van der Waals surface area contributed by atoms with Gasteiger partial charge in [0.25, 0.3) is 11.8 Å². The fraction of sp³-hybridized carbons (Fsp3) is 0.381. The van der Waals surface area contributed by atoms with E-state index in [1.165, 1.54) is 12.3 Å². The van der Waals surface area contributed by atoms with Gasteiger partial charge in [0.2, 0.25) is 0 Å². The van der Waals surface area contributed by atoms with Gasteiger partial charge in [0.1, 0.15) is 11.4 Å². The number of rotatable bonds is 10. The Bertz CT molecular complexity index is 793. The number of benzene rings is 1. The van der Waals surface area contributed by atoms with E-state index < -0.39 is 0 Å². The molecule has 0 saturated heterocycles. The Morgan fingerprint density at radius 3 is 2.57 bits per heavy atom. The molecule has 2 aromatic rings. The van der Waals surface area contributed by atoms with E-state index in [0.29, 0.717) is 25.1 Å². The molecule has 0 aliphatic rings. The normalized spacial score (nSPS) is 10.6. The molecule has 7 nitrogen and oxygen atoms in total. The van der Waals surface area contributed by atoms with Gasteiger partial charge in [0.05, 0.1) is 7.11 Å². The van der Waals surface area contributed by atoms with Gasteiger partial charge in [-0.1, -0.05) is 18.2 Å². The number of hydrogen-bond acceptors (Lipinski definition) is 5. The van der Waals surface area contributed by atoms with Crippen molar-refractivity contribution >= 4 is 11.8 Å². The standard InChI is InChI=1S/C21H28N4O3/c1-25(2)14-6-11-23-21(27)18-15-17(10-12-22-18)20(26)24-13-9-16-7-4-5-8-19(16)28-3/h4-5,7-8,10,12,15H,6,9,11,13-14H2,1-3H3,(H,23,27)(H,24,26). The van der Waals surface area contributed by atoms with Crippen LogP contribution in [-0.2, 0) is 6.42 Å². The summed E-state index contributed by atoms with van der Waals surface area (Å²) in [6.45, 7) is 1.92. The summed E-state index contributed by atoms with van der Waals surface area (Å²) >= 11 is 0. The van der Waals surface area contributed by atoms with Gasteiger partial charge in [-0.05, 0) is 57.2 Å². The van der Waals surface area contributed by atoms with Gasteiger partial charge < -0.3 is 20.3 Å². The van der Waals surface area contributed by atoms with Crippen LogP contribution in [-0.4, -0.2) is 62.5 Å². The molecule has 2 amide bonds. The SMILES string of the molecule is COc1ccccc1CCNC(=O)c1ccnc(C(=O)NCCCN(C)C)c1. The van der Waals surface area contributed by atoms with Crippen molar-refractivity contribution in [3.63, 3.8) is 0 Å². The Balaban J connectivity index is 1.86. The van der Waals surface area contributed by atoms with E-state index in [2.05, 4.69) is 20.5 Å². The van der Waals surface area contributed by atoms with Crippen molar-refractivity contribution in [2.45, 2.75) is 12.8 Å². The lowest BCUT2D eigenvalue weighted by Gasteiger charge is -2.10. The highest BCUT2D eigenvalue weighted by Crippen LogP contribution is 2.17. The quantitative estimate of drug-likeness (QED) is 0.610. The largest absolute Gasteiger partial charge is 0.496 e. The van der Waals surface area contributed by atoms with Crippen molar-refractivity contribution in [3.05, 3.63) is 59.4 Å². The Kier molecular flexibility index (Phi) is 8.42. The fourth-order valence-corrected chi connectivity index (χ4v) is 2.71. The molecule has 0 aliphatic heterocycles. The van der Waals surface area contributed by atoms with Crippen LogP contribution in [0, 0.1) is 0 Å². The number of para-hydroxylation sites is 1. The van der Waals surface area contributed by atoms with Crippen LogP contribution in [0.4, 0.5) is 0 Å².